The summed E-state index contributed by atoms with van der Waals surface area (Å²) < 4.78 is 28.5. The number of nitrogens with one attached hydrogen (secondary N) is 1. The van der Waals surface area contributed by atoms with Crippen LogP contribution in [-0.4, -0.2) is 24.5 Å². The highest BCUT2D eigenvalue weighted by molar-refractivity contribution is 7.89. The van der Waals surface area contributed by atoms with E-state index >= 15 is 0 Å². The van der Waals surface area contributed by atoms with Gasteiger partial charge in [-0.1, -0.05) is 0 Å². The highest BCUT2D eigenvalue weighted by atomic mass is 32.2. The third kappa shape index (κ3) is 3.23. The van der Waals surface area contributed by atoms with E-state index in [0.29, 0.717) is 17.7 Å². The zero-order chi connectivity index (χ0) is 14.6. The summed E-state index contributed by atoms with van der Waals surface area (Å²) in [6.45, 7) is 2.50. The Morgan fingerprint density at radius 1 is 1.45 bits per heavy atom. The average molecular weight is 290 g/mol. The first-order chi connectivity index (χ1) is 9.53. The predicted octanol–water partition coefficient (Wildman–Crippen LogP) is 1.04. The predicted molar refractivity (Wildman–Crippen MR) is 73.3 cm³/mol. The summed E-state index contributed by atoms with van der Waals surface area (Å²) >= 11 is 0. The van der Waals surface area contributed by atoms with Gasteiger partial charge in [0.05, 0.1) is 22.9 Å². The van der Waals surface area contributed by atoms with Crippen molar-refractivity contribution in [2.75, 3.05) is 6.54 Å². The summed E-state index contributed by atoms with van der Waals surface area (Å²) in [4.78, 5) is 4.05. The molecule has 7 heteroatoms. The summed E-state index contributed by atoms with van der Waals surface area (Å²) in [6.07, 6.45) is 5.03. The number of aromatic nitrogens is 2. The maximum absolute atomic E-state index is 12.1. The molecular formula is C13H14N4O2S. The van der Waals surface area contributed by atoms with Gasteiger partial charge in [-0.2, -0.15) is 5.26 Å². The molecule has 0 aliphatic rings. The maximum atomic E-state index is 12.1. The lowest BCUT2D eigenvalue weighted by Gasteiger charge is -2.08. The Morgan fingerprint density at radius 2 is 2.25 bits per heavy atom. The Labute approximate surface area is 117 Å². The second kappa shape index (κ2) is 5.86. The van der Waals surface area contributed by atoms with Gasteiger partial charge in [-0.25, -0.2) is 18.1 Å². The molecule has 0 radical (unpaired) electrons. The second-order valence-electron chi connectivity index (χ2n) is 4.29. The van der Waals surface area contributed by atoms with E-state index in [-0.39, 0.29) is 11.4 Å². The van der Waals surface area contributed by atoms with Crippen molar-refractivity contribution in [1.82, 2.24) is 14.3 Å². The van der Waals surface area contributed by atoms with Crippen LogP contribution in [0.1, 0.15) is 11.1 Å². The highest BCUT2D eigenvalue weighted by Gasteiger charge is 2.14. The van der Waals surface area contributed by atoms with Crippen molar-refractivity contribution >= 4 is 10.0 Å². The molecule has 0 aliphatic heterocycles. The Balaban J connectivity index is 2.06. The van der Waals surface area contributed by atoms with Crippen LogP contribution >= 0.6 is 0 Å². The number of aryl methyl sites for hydroxylation is 1. The number of nitriles is 1. The van der Waals surface area contributed by atoms with Gasteiger partial charge >= 0.3 is 0 Å². The largest absolute Gasteiger partial charge is 0.336 e. The fraction of sp³-hybridized carbons (Fsp3) is 0.231. The van der Waals surface area contributed by atoms with Crippen molar-refractivity contribution in [3.63, 3.8) is 0 Å². The van der Waals surface area contributed by atoms with E-state index in [2.05, 4.69) is 9.71 Å². The highest BCUT2D eigenvalue weighted by Crippen LogP contribution is 2.14. The number of nitrogens with zero attached hydrogens (tertiary/aromatic N) is 3. The normalized spacial score (nSPS) is 11.2. The van der Waals surface area contributed by atoms with E-state index in [0.717, 1.165) is 0 Å². The monoisotopic (exact) mass is 290 g/mol. The molecule has 0 unspecified atom stereocenters. The minimum atomic E-state index is -3.55. The van der Waals surface area contributed by atoms with Gasteiger partial charge in [0.1, 0.15) is 0 Å². The average Bonchev–Trinajstić information content (AvgIpc) is 2.91. The van der Waals surface area contributed by atoms with Gasteiger partial charge in [-0.15, -0.1) is 0 Å². The molecule has 1 heterocycles. The van der Waals surface area contributed by atoms with Gasteiger partial charge in [0.2, 0.25) is 10.0 Å². The van der Waals surface area contributed by atoms with Crippen molar-refractivity contribution in [3.05, 3.63) is 48.0 Å². The Hall–Kier alpha value is -2.17. The SMILES string of the molecule is Cc1cc(S(=O)(=O)NCCn2ccnc2)ccc1C#N. The molecule has 6 nitrogen and oxygen atoms in total. The number of hydrogen-bond donors (Lipinski definition) is 1. The number of hydrogen-bond acceptors (Lipinski definition) is 4. The Bertz CT molecular complexity index is 730. The molecule has 0 aliphatic carbocycles. The Morgan fingerprint density at radius 3 is 2.85 bits per heavy atom. The number of sulfonamides is 1. The number of rotatable bonds is 5. The molecule has 0 fully saturated rings. The van der Waals surface area contributed by atoms with Crippen LogP contribution in [0.5, 0.6) is 0 Å². The topological polar surface area (TPSA) is 87.8 Å². The van der Waals surface area contributed by atoms with Crippen LogP contribution in [0, 0.1) is 18.3 Å². The molecule has 1 aromatic carbocycles. The first-order valence-electron chi connectivity index (χ1n) is 5.99. The lowest BCUT2D eigenvalue weighted by Crippen LogP contribution is -2.27. The van der Waals surface area contributed by atoms with Crippen LogP contribution in [0.4, 0.5) is 0 Å². The molecule has 2 rings (SSSR count). The van der Waals surface area contributed by atoms with Crippen molar-refractivity contribution in [2.45, 2.75) is 18.4 Å². The molecule has 1 N–H and O–H groups in total. The van der Waals surface area contributed by atoms with Crippen LogP contribution in [0.3, 0.4) is 0 Å². The van der Waals surface area contributed by atoms with E-state index in [1.165, 1.54) is 18.2 Å². The minimum Gasteiger partial charge on any atom is -0.336 e. The van der Waals surface area contributed by atoms with Gasteiger partial charge in [0.15, 0.2) is 0 Å². The molecule has 0 bridgehead atoms. The lowest BCUT2D eigenvalue weighted by atomic mass is 10.1. The molecule has 0 atom stereocenters. The van der Waals surface area contributed by atoms with Crippen LogP contribution in [-0.2, 0) is 16.6 Å². The van der Waals surface area contributed by atoms with Crippen LogP contribution < -0.4 is 4.72 Å². The first kappa shape index (κ1) is 14.2. The van der Waals surface area contributed by atoms with Crippen LogP contribution in [0.15, 0.2) is 41.8 Å². The smallest absolute Gasteiger partial charge is 0.240 e. The zero-order valence-electron chi connectivity index (χ0n) is 10.9. The van der Waals surface area contributed by atoms with E-state index < -0.39 is 10.0 Å². The molecule has 20 heavy (non-hydrogen) atoms. The summed E-state index contributed by atoms with van der Waals surface area (Å²) in [7, 11) is -3.55. The van der Waals surface area contributed by atoms with Crippen molar-refractivity contribution in [1.29, 1.82) is 5.26 Å². The quantitative estimate of drug-likeness (QED) is 0.891. The van der Waals surface area contributed by atoms with Crippen LogP contribution in [0.25, 0.3) is 0 Å². The number of imidazole rings is 1. The molecule has 0 saturated heterocycles. The van der Waals surface area contributed by atoms with Crippen molar-refractivity contribution in [2.24, 2.45) is 0 Å². The van der Waals surface area contributed by atoms with E-state index in [9.17, 15) is 8.42 Å². The van der Waals surface area contributed by atoms with Gasteiger partial charge in [0, 0.05) is 25.5 Å². The molecule has 2 aromatic rings. The molecule has 104 valence electrons. The second-order valence-corrected chi connectivity index (χ2v) is 6.05. The number of benzene rings is 1. The minimum absolute atomic E-state index is 0.166. The molecule has 1 aromatic heterocycles. The van der Waals surface area contributed by atoms with Gasteiger partial charge in [-0.05, 0) is 30.7 Å². The maximum Gasteiger partial charge on any atom is 0.240 e. The Kier molecular flexibility index (Phi) is 4.17. The summed E-state index contributed by atoms with van der Waals surface area (Å²) in [5.41, 5.74) is 1.12. The van der Waals surface area contributed by atoms with Gasteiger partial charge in [0.25, 0.3) is 0 Å². The van der Waals surface area contributed by atoms with E-state index in [1.54, 1.807) is 30.2 Å². The third-order valence-electron chi connectivity index (χ3n) is 2.85. The van der Waals surface area contributed by atoms with Gasteiger partial charge in [-0.3, -0.25) is 0 Å². The fourth-order valence-electron chi connectivity index (χ4n) is 1.74. The molecular weight excluding hydrogens is 276 g/mol. The molecule has 0 saturated carbocycles. The summed E-state index contributed by atoms with van der Waals surface area (Å²) in [5, 5.41) is 8.84. The zero-order valence-corrected chi connectivity index (χ0v) is 11.8. The first-order valence-corrected chi connectivity index (χ1v) is 7.47. The fourth-order valence-corrected chi connectivity index (χ4v) is 2.85. The van der Waals surface area contributed by atoms with Crippen molar-refractivity contribution < 1.29 is 8.42 Å². The third-order valence-corrected chi connectivity index (χ3v) is 4.31. The lowest BCUT2D eigenvalue weighted by molar-refractivity contribution is 0.572. The van der Waals surface area contributed by atoms with Crippen molar-refractivity contribution in [3.8, 4) is 6.07 Å². The standard InChI is InChI=1S/C13H14N4O2S/c1-11-8-13(3-2-12(11)9-14)20(18,19)16-5-7-17-6-4-15-10-17/h2-4,6,8,10,16H,5,7H2,1H3. The molecule has 0 spiro atoms. The van der Waals surface area contributed by atoms with E-state index in [1.807, 2.05) is 6.07 Å². The van der Waals surface area contributed by atoms with E-state index in [4.69, 9.17) is 5.26 Å². The molecule has 0 amide bonds. The van der Waals surface area contributed by atoms with Crippen LogP contribution in [0.2, 0.25) is 0 Å². The van der Waals surface area contributed by atoms with Gasteiger partial charge < -0.3 is 4.57 Å². The summed E-state index contributed by atoms with van der Waals surface area (Å²) in [6, 6.07) is 6.46. The summed E-state index contributed by atoms with van der Waals surface area (Å²) in [5.74, 6) is 0.